The number of hydrogen-bond donors (Lipinski definition) is 0. The summed E-state index contributed by atoms with van der Waals surface area (Å²) in [6.07, 6.45) is 0. The van der Waals surface area contributed by atoms with Crippen molar-refractivity contribution in [1.29, 1.82) is 0 Å². The van der Waals surface area contributed by atoms with E-state index in [2.05, 4.69) is 0 Å². The molecule has 0 aliphatic rings. The Hall–Kier alpha value is -0.0100. The van der Waals surface area contributed by atoms with Gasteiger partial charge in [-0.3, -0.25) is 0 Å². The van der Waals surface area contributed by atoms with Crippen LogP contribution in [0.2, 0.25) is 4.34 Å². The van der Waals surface area contributed by atoms with Crippen LogP contribution in [0.5, 0.6) is 0 Å². The van der Waals surface area contributed by atoms with Crippen molar-refractivity contribution >= 4 is 22.9 Å². The van der Waals surface area contributed by atoms with Gasteiger partial charge < -0.3 is 0 Å². The third-order valence-corrected chi connectivity index (χ3v) is 1.59. The Balaban J connectivity index is 3.29. The fourth-order valence-corrected chi connectivity index (χ4v) is 1.19. The van der Waals surface area contributed by atoms with E-state index in [9.17, 15) is 0 Å². The topological polar surface area (TPSA) is 0 Å². The molecule has 0 N–H and O–H groups in total. The molecule has 1 aromatic rings. The smallest absolute Gasteiger partial charge is 0.0931 e. The molecule has 1 rings (SSSR count). The number of thiophene rings is 1. The van der Waals surface area contributed by atoms with Crippen molar-refractivity contribution in [2.45, 2.75) is 6.92 Å². The Morgan fingerprint density at radius 2 is 2.57 bits per heavy atom. The zero-order valence-electron chi connectivity index (χ0n) is 5.79. The van der Waals surface area contributed by atoms with Crippen molar-refractivity contribution in [2.75, 3.05) is 0 Å². The summed E-state index contributed by atoms with van der Waals surface area (Å²) in [5.74, 6) is 0. The summed E-state index contributed by atoms with van der Waals surface area (Å²) in [6, 6.07) is 0.407. The van der Waals surface area contributed by atoms with Crippen molar-refractivity contribution < 1.29 is 2.74 Å². The largest absolute Gasteiger partial charge is 0.129 e. The van der Waals surface area contributed by atoms with E-state index in [1.165, 1.54) is 11.3 Å². The van der Waals surface area contributed by atoms with Gasteiger partial charge in [0.1, 0.15) is 0 Å². The molecular weight excluding hydrogens is 128 g/mol. The predicted octanol–water partition coefficient (Wildman–Crippen LogP) is 2.71. The van der Waals surface area contributed by atoms with Crippen LogP contribution in [-0.4, -0.2) is 0 Å². The standard InChI is InChI=1S/C5H5ClS/c1-4-2-3-5(6)7-4/h2-3H,1H3/i2D,3D. The van der Waals surface area contributed by atoms with Crippen LogP contribution in [0, 0.1) is 6.92 Å². The van der Waals surface area contributed by atoms with Crippen molar-refractivity contribution in [3.63, 3.8) is 0 Å². The molecule has 0 radical (unpaired) electrons. The molecule has 0 atom stereocenters. The molecule has 0 saturated carbocycles. The van der Waals surface area contributed by atoms with Gasteiger partial charge in [-0.1, -0.05) is 11.6 Å². The summed E-state index contributed by atoms with van der Waals surface area (Å²) in [5, 5.41) is 0. The lowest BCUT2D eigenvalue weighted by atomic mass is 10.5. The molecule has 0 unspecified atom stereocenters. The lowest BCUT2D eigenvalue weighted by Gasteiger charge is -1.69. The number of rotatable bonds is 0. The quantitative estimate of drug-likeness (QED) is 0.512. The van der Waals surface area contributed by atoms with E-state index < -0.39 is 0 Å². The molecule has 7 heavy (non-hydrogen) atoms. The Kier molecular flexibility index (Phi) is 0.818. The average Bonchev–Trinajstić information content (AvgIpc) is 1.98. The zero-order valence-corrected chi connectivity index (χ0v) is 5.36. The molecule has 0 fully saturated rings. The molecule has 0 aromatic carbocycles. The van der Waals surface area contributed by atoms with Crippen molar-refractivity contribution in [3.05, 3.63) is 21.3 Å². The van der Waals surface area contributed by atoms with Crippen LogP contribution in [0.3, 0.4) is 0 Å². The van der Waals surface area contributed by atoms with E-state index in [4.69, 9.17) is 14.3 Å². The molecule has 0 spiro atoms. The Bertz CT molecular complexity index is 209. The van der Waals surface area contributed by atoms with Gasteiger partial charge in [0.05, 0.1) is 7.08 Å². The van der Waals surface area contributed by atoms with Crippen LogP contribution in [0.4, 0.5) is 0 Å². The van der Waals surface area contributed by atoms with E-state index in [-0.39, 0.29) is 12.1 Å². The highest BCUT2D eigenvalue weighted by Crippen LogP contribution is 2.19. The third kappa shape index (κ3) is 1.18. The molecule has 2 heteroatoms. The zero-order chi connectivity index (χ0) is 7.02. The van der Waals surface area contributed by atoms with Gasteiger partial charge in [-0.15, -0.1) is 11.3 Å². The Labute approximate surface area is 54.5 Å². The minimum absolute atomic E-state index is 0.152. The normalized spacial score (nSPS) is 13.4. The van der Waals surface area contributed by atoms with Gasteiger partial charge in [0.25, 0.3) is 0 Å². The lowest BCUT2D eigenvalue weighted by molar-refractivity contribution is 1.64. The summed E-state index contributed by atoms with van der Waals surface area (Å²) in [5.41, 5.74) is 0. The summed E-state index contributed by atoms with van der Waals surface area (Å²) < 4.78 is 14.8. The molecule has 0 bridgehead atoms. The van der Waals surface area contributed by atoms with Crippen LogP contribution in [0.15, 0.2) is 12.1 Å². The van der Waals surface area contributed by atoms with Crippen LogP contribution in [-0.2, 0) is 0 Å². The molecule has 0 nitrogen and oxygen atoms in total. The van der Waals surface area contributed by atoms with E-state index in [0.29, 0.717) is 4.34 Å². The molecular formula is C5H5ClS. The summed E-state index contributed by atoms with van der Waals surface area (Å²) >= 11 is 6.83. The van der Waals surface area contributed by atoms with Crippen LogP contribution in [0.25, 0.3) is 0 Å². The highest BCUT2D eigenvalue weighted by molar-refractivity contribution is 7.16. The maximum Gasteiger partial charge on any atom is 0.0931 e. The van der Waals surface area contributed by atoms with Gasteiger partial charge in [-0.25, -0.2) is 0 Å². The minimum atomic E-state index is 0.152. The fourth-order valence-electron chi connectivity index (χ4n) is 0.323. The summed E-state index contributed by atoms with van der Waals surface area (Å²) in [7, 11) is 0. The SMILES string of the molecule is [2H]c1c(C)sc(Cl)c1[2H]. The number of aryl methyl sites for hydroxylation is 1. The maximum absolute atomic E-state index is 7.20. The van der Waals surface area contributed by atoms with Crippen molar-refractivity contribution in [2.24, 2.45) is 0 Å². The molecule has 1 heterocycles. The highest BCUT2D eigenvalue weighted by atomic mass is 35.5. The second-order valence-corrected chi connectivity index (χ2v) is 3.01. The Morgan fingerprint density at radius 3 is 2.71 bits per heavy atom. The predicted molar refractivity (Wildman–Crippen MR) is 34.1 cm³/mol. The first-order valence-corrected chi connectivity index (χ1v) is 3.04. The van der Waals surface area contributed by atoms with Crippen LogP contribution in [0.1, 0.15) is 7.62 Å². The van der Waals surface area contributed by atoms with Gasteiger partial charge in [-0.05, 0) is 19.0 Å². The number of hydrogen-bond acceptors (Lipinski definition) is 1. The first-order valence-electron chi connectivity index (χ1n) is 2.85. The lowest BCUT2D eigenvalue weighted by Crippen LogP contribution is -1.43. The second-order valence-electron chi connectivity index (χ2n) is 1.18. The molecule has 0 aliphatic carbocycles. The van der Waals surface area contributed by atoms with Crippen LogP contribution < -0.4 is 0 Å². The van der Waals surface area contributed by atoms with Gasteiger partial charge in [-0.2, -0.15) is 0 Å². The maximum atomic E-state index is 7.20. The monoisotopic (exact) mass is 134 g/mol. The van der Waals surface area contributed by atoms with E-state index in [1.807, 2.05) is 0 Å². The first-order chi connectivity index (χ1) is 4.13. The average molecular weight is 135 g/mol. The van der Waals surface area contributed by atoms with Crippen molar-refractivity contribution in [3.8, 4) is 0 Å². The molecule has 1 aromatic heterocycles. The summed E-state index contributed by atoms with van der Waals surface area (Å²) in [4.78, 5) is 0.810. The van der Waals surface area contributed by atoms with E-state index in [1.54, 1.807) is 6.92 Å². The first kappa shape index (κ1) is 3.10. The molecule has 0 saturated heterocycles. The Morgan fingerprint density at radius 1 is 1.86 bits per heavy atom. The third-order valence-electron chi connectivity index (χ3n) is 0.580. The van der Waals surface area contributed by atoms with Crippen molar-refractivity contribution in [1.82, 2.24) is 0 Å². The molecule has 0 aliphatic heterocycles. The van der Waals surface area contributed by atoms with Gasteiger partial charge in [0.15, 0.2) is 0 Å². The van der Waals surface area contributed by atoms with Gasteiger partial charge in [0.2, 0.25) is 0 Å². The minimum Gasteiger partial charge on any atom is -0.129 e. The number of halogens is 1. The molecule has 38 valence electrons. The summed E-state index contributed by atoms with van der Waals surface area (Å²) in [6.45, 7) is 1.79. The highest BCUT2D eigenvalue weighted by Gasteiger charge is 1.86. The van der Waals surface area contributed by atoms with Crippen LogP contribution >= 0.6 is 22.9 Å². The van der Waals surface area contributed by atoms with E-state index >= 15 is 0 Å². The molecule has 0 amide bonds. The van der Waals surface area contributed by atoms with E-state index in [0.717, 1.165) is 4.88 Å². The van der Waals surface area contributed by atoms with Gasteiger partial charge in [0, 0.05) is 4.88 Å². The van der Waals surface area contributed by atoms with Gasteiger partial charge >= 0.3 is 0 Å². The fraction of sp³-hybridized carbons (Fsp3) is 0.200. The second kappa shape index (κ2) is 1.85.